The van der Waals surface area contributed by atoms with Gasteiger partial charge in [0.2, 0.25) is 33.7 Å². The lowest BCUT2D eigenvalue weighted by molar-refractivity contribution is -0.139. The topological polar surface area (TPSA) is 213 Å². The lowest BCUT2D eigenvalue weighted by Gasteiger charge is -2.32. The average Bonchev–Trinajstić information content (AvgIpc) is 3.02. The maximum Gasteiger partial charge on any atom is 0.417 e. The Morgan fingerprint density at radius 1 is 0.920 bits per heavy atom. The van der Waals surface area contributed by atoms with Gasteiger partial charge in [0.05, 0.1) is 22.0 Å². The number of carbonyl (C=O) groups is 5. The van der Waals surface area contributed by atoms with E-state index in [0.717, 1.165) is 6.07 Å². The molecule has 2 aromatic rings. The summed E-state index contributed by atoms with van der Waals surface area (Å²) >= 11 is 5.53. The smallest absolute Gasteiger partial charge is 0.417 e. The van der Waals surface area contributed by atoms with E-state index in [1.807, 2.05) is 6.92 Å². The van der Waals surface area contributed by atoms with Gasteiger partial charge >= 0.3 is 12.1 Å². The van der Waals surface area contributed by atoms with Gasteiger partial charge in [-0.15, -0.1) is 0 Å². The number of benzene rings is 1. The lowest BCUT2D eigenvalue weighted by atomic mass is 9.85. The molecule has 0 aliphatic rings. The van der Waals surface area contributed by atoms with Crippen molar-refractivity contribution in [3.05, 3.63) is 58.9 Å². The van der Waals surface area contributed by atoms with Crippen LogP contribution in [0, 0.1) is 5.41 Å². The third-order valence-electron chi connectivity index (χ3n) is 7.06. The van der Waals surface area contributed by atoms with Crippen LogP contribution in [0.25, 0.3) is 0 Å². The molecule has 0 aliphatic heterocycles. The van der Waals surface area contributed by atoms with E-state index in [1.165, 1.54) is 12.4 Å². The Balaban J connectivity index is 2.08. The molecule has 4 amide bonds. The van der Waals surface area contributed by atoms with Gasteiger partial charge in [-0.1, -0.05) is 39.3 Å². The summed E-state index contributed by atoms with van der Waals surface area (Å²) in [5.74, 6) is -4.48. The number of nitrogens with one attached hydrogen (secondary N) is 5. The van der Waals surface area contributed by atoms with Crippen LogP contribution in [0.3, 0.4) is 0 Å². The van der Waals surface area contributed by atoms with Gasteiger partial charge in [0.25, 0.3) is 0 Å². The maximum absolute atomic E-state index is 13.4. The number of pyridine rings is 1. The van der Waals surface area contributed by atoms with Crippen molar-refractivity contribution >= 4 is 51.2 Å². The van der Waals surface area contributed by atoms with Gasteiger partial charge in [-0.3, -0.25) is 29.0 Å². The molecule has 2 rings (SSSR count). The highest BCUT2D eigenvalue weighted by molar-refractivity contribution is 7.89. The molecule has 6 N–H and O–H groups in total. The zero-order valence-electron chi connectivity index (χ0n) is 27.7. The average molecular weight is 749 g/mol. The van der Waals surface area contributed by atoms with Crippen LogP contribution in [0.1, 0.15) is 58.1 Å². The van der Waals surface area contributed by atoms with Gasteiger partial charge in [-0.2, -0.15) is 17.9 Å². The minimum Gasteiger partial charge on any atom is -0.480 e. The predicted octanol–water partition coefficient (Wildman–Crippen LogP) is 2.17. The number of halogens is 4. The number of carboxylic acids is 1. The van der Waals surface area contributed by atoms with E-state index in [1.54, 1.807) is 37.6 Å². The molecule has 19 heteroatoms. The highest BCUT2D eigenvalue weighted by atomic mass is 35.5. The molecule has 0 saturated heterocycles. The molecule has 0 bridgehead atoms. The van der Waals surface area contributed by atoms with Gasteiger partial charge < -0.3 is 26.4 Å². The third kappa shape index (κ3) is 13.2. The summed E-state index contributed by atoms with van der Waals surface area (Å²) in [6, 6.07) is 0.885. The first-order valence-corrected chi connectivity index (χ1v) is 17.2. The molecule has 0 fully saturated rings. The zero-order chi connectivity index (χ0) is 37.9. The summed E-state index contributed by atoms with van der Waals surface area (Å²) < 4.78 is 66.8. The van der Waals surface area contributed by atoms with Gasteiger partial charge in [0, 0.05) is 31.8 Å². The fraction of sp³-hybridized carbons (Fsp3) is 0.484. The van der Waals surface area contributed by atoms with E-state index in [4.69, 9.17) is 11.6 Å². The number of aliphatic carboxylic acids is 1. The van der Waals surface area contributed by atoms with Crippen LogP contribution in [-0.4, -0.2) is 79.3 Å². The van der Waals surface area contributed by atoms with E-state index in [2.05, 4.69) is 26.3 Å². The number of nitrogens with zero attached hydrogens (tertiary/aromatic N) is 1. The molecule has 14 nitrogen and oxygen atoms in total. The van der Waals surface area contributed by atoms with Crippen LogP contribution in [-0.2, 0) is 46.6 Å². The molecule has 0 aliphatic carbocycles. The van der Waals surface area contributed by atoms with E-state index in [-0.39, 0.29) is 12.5 Å². The molecule has 276 valence electrons. The number of carbonyl (C=O) groups excluding carboxylic acids is 4. The van der Waals surface area contributed by atoms with Gasteiger partial charge in [-0.25, -0.2) is 8.42 Å². The number of carboxylic acid groups (broad SMARTS) is 1. The molecule has 3 atom stereocenters. The number of alkyl halides is 3. The molecule has 0 radical (unpaired) electrons. The largest absolute Gasteiger partial charge is 0.480 e. The van der Waals surface area contributed by atoms with Crippen molar-refractivity contribution in [2.24, 2.45) is 5.41 Å². The Labute approximate surface area is 292 Å². The first kappa shape index (κ1) is 41.9. The normalized spacial score (nSPS) is 13.8. The van der Waals surface area contributed by atoms with Crippen LogP contribution in [0.5, 0.6) is 0 Å². The monoisotopic (exact) mass is 748 g/mol. The number of hydrogen-bond acceptors (Lipinski definition) is 8. The molecule has 1 aromatic heterocycles. The molecule has 0 spiro atoms. The van der Waals surface area contributed by atoms with Crippen molar-refractivity contribution in [3.8, 4) is 0 Å². The maximum atomic E-state index is 13.4. The SMILES string of the molecule is CCCNC(=O)[C@@H](NC(=O)[C@H](Cc1ccncc1)NC(=O)CNC(=O)CC[C@H](NS(=O)(=O)c1ccc(Cl)c(C(F)(F)F)c1)C(=O)O)C(C)(C)C. The summed E-state index contributed by atoms with van der Waals surface area (Å²) in [6.45, 7) is 6.89. The summed E-state index contributed by atoms with van der Waals surface area (Å²) in [5.41, 5.74) is -1.52. The van der Waals surface area contributed by atoms with E-state index < -0.39 is 104 Å². The predicted molar refractivity (Wildman–Crippen MR) is 175 cm³/mol. The van der Waals surface area contributed by atoms with Crippen molar-refractivity contribution in [2.45, 2.75) is 82.6 Å². The van der Waals surface area contributed by atoms with Crippen molar-refractivity contribution in [1.82, 2.24) is 31.0 Å². The fourth-order valence-corrected chi connectivity index (χ4v) is 5.87. The van der Waals surface area contributed by atoms with E-state index >= 15 is 0 Å². The summed E-state index contributed by atoms with van der Waals surface area (Å²) in [6.07, 6.45) is -2.58. The molecular formula is C31H40ClF3N6O8S. The second kappa shape index (κ2) is 18.1. The van der Waals surface area contributed by atoms with Crippen molar-refractivity contribution < 1.29 is 50.7 Å². The molecule has 50 heavy (non-hydrogen) atoms. The Bertz CT molecular complexity index is 1640. The number of sulfonamides is 1. The van der Waals surface area contributed by atoms with Crippen molar-refractivity contribution in [3.63, 3.8) is 0 Å². The van der Waals surface area contributed by atoms with Crippen LogP contribution < -0.4 is 26.0 Å². The van der Waals surface area contributed by atoms with Crippen molar-refractivity contribution in [1.29, 1.82) is 0 Å². The van der Waals surface area contributed by atoms with Crippen LogP contribution in [0.4, 0.5) is 13.2 Å². The Kier molecular flexibility index (Phi) is 15.2. The molecule has 0 unspecified atom stereocenters. The Morgan fingerprint density at radius 2 is 1.56 bits per heavy atom. The third-order valence-corrected chi connectivity index (χ3v) is 8.86. The molecule has 1 aromatic carbocycles. The van der Waals surface area contributed by atoms with Gasteiger partial charge in [0.15, 0.2) is 0 Å². The summed E-state index contributed by atoms with van der Waals surface area (Å²) in [4.78, 5) is 66.4. The van der Waals surface area contributed by atoms with Crippen molar-refractivity contribution in [2.75, 3.05) is 13.1 Å². The summed E-state index contributed by atoms with van der Waals surface area (Å²) in [7, 11) is -4.81. The number of rotatable bonds is 17. The van der Waals surface area contributed by atoms with Crippen LogP contribution >= 0.6 is 11.6 Å². The van der Waals surface area contributed by atoms with E-state index in [9.17, 15) is 50.7 Å². The summed E-state index contributed by atoms with van der Waals surface area (Å²) in [5, 5.41) is 19.0. The molecular weight excluding hydrogens is 709 g/mol. The second-order valence-corrected chi connectivity index (χ2v) is 14.4. The minimum absolute atomic E-state index is 0.0000000641. The minimum atomic E-state index is -4.98. The van der Waals surface area contributed by atoms with Gasteiger partial charge in [-0.05, 0) is 54.2 Å². The zero-order valence-corrected chi connectivity index (χ0v) is 29.3. The van der Waals surface area contributed by atoms with Crippen LogP contribution in [0.15, 0.2) is 47.6 Å². The van der Waals surface area contributed by atoms with E-state index in [0.29, 0.717) is 24.6 Å². The van der Waals surface area contributed by atoms with Gasteiger partial charge in [0.1, 0.15) is 18.1 Å². The number of aromatic nitrogens is 1. The first-order chi connectivity index (χ1) is 23.1. The Morgan fingerprint density at radius 3 is 2.12 bits per heavy atom. The molecule has 1 heterocycles. The molecule has 0 saturated carbocycles. The second-order valence-electron chi connectivity index (χ2n) is 12.2. The highest BCUT2D eigenvalue weighted by Gasteiger charge is 2.36. The first-order valence-electron chi connectivity index (χ1n) is 15.3. The number of amides is 4. The standard InChI is InChI=1S/C31H40ClF3N6O8S/c1-5-12-37-28(45)26(30(2,3)4)40-27(44)23(15-18-10-13-36-14-11-18)39-25(43)17-38-24(42)9-8-22(29(46)47)41-50(48,49)19-6-7-21(32)20(16-19)31(33,34)35/h6-7,10-11,13-14,16,22-23,26,41H,5,8-9,12,15,17H2,1-4H3,(H,37,45)(H,38,42)(H,39,43)(H,40,44)(H,46,47)/t22-,23-,26+/m0/s1. The highest BCUT2D eigenvalue weighted by Crippen LogP contribution is 2.36. The number of hydrogen-bond donors (Lipinski definition) is 6. The lowest BCUT2D eigenvalue weighted by Crippen LogP contribution is -2.59. The van der Waals surface area contributed by atoms with Crippen LogP contribution in [0.2, 0.25) is 5.02 Å². The fourth-order valence-electron chi connectivity index (χ4n) is 4.40. The Hall–Kier alpha value is -4.29. The quantitative estimate of drug-likeness (QED) is 0.140.